The lowest BCUT2D eigenvalue weighted by molar-refractivity contribution is -0.209. The van der Waals surface area contributed by atoms with Crippen LogP contribution >= 0.6 is 11.6 Å². The monoisotopic (exact) mass is 259 g/mol. The molecule has 1 aliphatic carbocycles. The van der Waals surface area contributed by atoms with Crippen molar-refractivity contribution in [1.82, 2.24) is 4.90 Å². The highest BCUT2D eigenvalue weighted by Crippen LogP contribution is 2.50. The van der Waals surface area contributed by atoms with Gasteiger partial charge in [-0.05, 0) is 32.9 Å². The van der Waals surface area contributed by atoms with Gasteiger partial charge in [0.2, 0.25) is 0 Å². The van der Waals surface area contributed by atoms with Crippen molar-refractivity contribution in [3.05, 3.63) is 11.6 Å². The summed E-state index contributed by atoms with van der Waals surface area (Å²) in [4.78, 5) is 2.37. The first-order valence-electron chi connectivity index (χ1n) is 6.50. The number of piperidine rings is 1. The minimum Gasteiger partial charge on any atom is -0.392 e. The molecule has 4 heteroatoms. The molecule has 17 heavy (non-hydrogen) atoms. The summed E-state index contributed by atoms with van der Waals surface area (Å²) < 4.78 is 5.74. The Morgan fingerprint density at radius 2 is 2.18 bits per heavy atom. The Hall–Kier alpha value is -0.0900. The van der Waals surface area contributed by atoms with Gasteiger partial charge in [-0.1, -0.05) is 17.7 Å². The number of hydrogen-bond acceptors (Lipinski definition) is 3. The van der Waals surface area contributed by atoms with E-state index in [2.05, 4.69) is 4.90 Å². The van der Waals surface area contributed by atoms with Crippen LogP contribution in [0.1, 0.15) is 26.2 Å². The third-order valence-corrected chi connectivity index (χ3v) is 4.53. The fraction of sp³-hybridized carbons (Fsp3) is 0.846. The van der Waals surface area contributed by atoms with Crippen molar-refractivity contribution in [2.24, 2.45) is 5.41 Å². The zero-order valence-electron chi connectivity index (χ0n) is 10.4. The maximum atomic E-state index is 10.0. The SMILES string of the molecule is CCOC1CC(O)C12CCN(CC=CCl)CC2. The number of rotatable bonds is 4. The average Bonchev–Trinajstić information content (AvgIpc) is 2.37. The summed E-state index contributed by atoms with van der Waals surface area (Å²) in [6.45, 7) is 5.75. The Balaban J connectivity index is 1.87. The first-order chi connectivity index (χ1) is 8.23. The molecule has 0 aromatic rings. The van der Waals surface area contributed by atoms with E-state index in [0.29, 0.717) is 0 Å². The molecule has 3 nitrogen and oxygen atoms in total. The predicted octanol–water partition coefficient (Wildman–Crippen LogP) is 1.99. The maximum absolute atomic E-state index is 10.0. The molecular formula is C13H22ClNO2. The van der Waals surface area contributed by atoms with Crippen LogP contribution in [0.4, 0.5) is 0 Å². The summed E-state index contributed by atoms with van der Waals surface area (Å²) in [5.74, 6) is 0. The molecule has 2 fully saturated rings. The number of aliphatic hydroxyl groups is 1. The van der Waals surface area contributed by atoms with Gasteiger partial charge in [-0.2, -0.15) is 0 Å². The molecule has 1 heterocycles. The van der Waals surface area contributed by atoms with Crippen LogP contribution in [-0.4, -0.2) is 48.5 Å². The van der Waals surface area contributed by atoms with Crippen LogP contribution in [0.3, 0.4) is 0 Å². The quantitative estimate of drug-likeness (QED) is 0.838. The van der Waals surface area contributed by atoms with Gasteiger partial charge in [0.15, 0.2) is 0 Å². The van der Waals surface area contributed by atoms with Gasteiger partial charge in [0.1, 0.15) is 0 Å². The third-order valence-electron chi connectivity index (χ3n) is 4.35. The van der Waals surface area contributed by atoms with Crippen LogP contribution in [0.25, 0.3) is 0 Å². The Morgan fingerprint density at radius 1 is 1.47 bits per heavy atom. The second kappa shape index (κ2) is 5.70. The summed E-state index contributed by atoms with van der Waals surface area (Å²) in [6.07, 6.45) is 4.97. The number of nitrogens with zero attached hydrogens (tertiary/aromatic N) is 1. The van der Waals surface area contributed by atoms with E-state index in [-0.39, 0.29) is 17.6 Å². The molecule has 98 valence electrons. The van der Waals surface area contributed by atoms with E-state index < -0.39 is 0 Å². The van der Waals surface area contributed by atoms with Gasteiger partial charge < -0.3 is 9.84 Å². The van der Waals surface area contributed by atoms with Gasteiger partial charge in [0.25, 0.3) is 0 Å². The second-order valence-corrected chi connectivity index (χ2v) is 5.34. The van der Waals surface area contributed by atoms with Crippen molar-refractivity contribution in [3.63, 3.8) is 0 Å². The van der Waals surface area contributed by atoms with Crippen molar-refractivity contribution < 1.29 is 9.84 Å². The fourth-order valence-electron chi connectivity index (χ4n) is 3.16. The van der Waals surface area contributed by atoms with E-state index >= 15 is 0 Å². The molecule has 1 saturated heterocycles. The zero-order valence-corrected chi connectivity index (χ0v) is 11.2. The molecule has 1 aliphatic heterocycles. The van der Waals surface area contributed by atoms with Gasteiger partial charge >= 0.3 is 0 Å². The molecule has 2 rings (SSSR count). The van der Waals surface area contributed by atoms with Crippen molar-refractivity contribution in [2.45, 2.75) is 38.4 Å². The summed E-state index contributed by atoms with van der Waals surface area (Å²) in [6, 6.07) is 0. The molecule has 0 bridgehead atoms. The molecule has 0 aromatic carbocycles. The number of ether oxygens (including phenoxy) is 1. The molecule has 0 radical (unpaired) electrons. The minimum absolute atomic E-state index is 0.0389. The normalized spacial score (nSPS) is 33.1. The van der Waals surface area contributed by atoms with Crippen LogP contribution in [0, 0.1) is 5.41 Å². The average molecular weight is 260 g/mol. The Kier molecular flexibility index (Phi) is 4.47. The van der Waals surface area contributed by atoms with Gasteiger partial charge in [0.05, 0.1) is 12.2 Å². The fourth-order valence-corrected chi connectivity index (χ4v) is 3.24. The van der Waals surface area contributed by atoms with Gasteiger partial charge in [0, 0.05) is 30.5 Å². The van der Waals surface area contributed by atoms with Crippen molar-refractivity contribution in [3.8, 4) is 0 Å². The highest BCUT2D eigenvalue weighted by Gasteiger charge is 2.55. The number of aliphatic hydroxyl groups excluding tert-OH is 1. The first kappa shape index (κ1) is 13.3. The van der Waals surface area contributed by atoms with Gasteiger partial charge in [-0.25, -0.2) is 0 Å². The van der Waals surface area contributed by atoms with E-state index in [1.807, 2.05) is 13.0 Å². The van der Waals surface area contributed by atoms with Crippen molar-refractivity contribution in [2.75, 3.05) is 26.2 Å². The van der Waals surface area contributed by atoms with E-state index in [4.69, 9.17) is 16.3 Å². The number of hydrogen-bond donors (Lipinski definition) is 1. The number of likely N-dealkylation sites (tertiary alicyclic amines) is 1. The zero-order chi connectivity index (χ0) is 12.3. The molecular weight excluding hydrogens is 238 g/mol. The first-order valence-corrected chi connectivity index (χ1v) is 6.94. The Morgan fingerprint density at radius 3 is 2.71 bits per heavy atom. The predicted molar refractivity (Wildman–Crippen MR) is 69.1 cm³/mol. The van der Waals surface area contributed by atoms with Crippen LogP contribution in [0.5, 0.6) is 0 Å². The van der Waals surface area contributed by atoms with Crippen LogP contribution < -0.4 is 0 Å². The highest BCUT2D eigenvalue weighted by atomic mass is 35.5. The summed E-state index contributed by atoms with van der Waals surface area (Å²) in [7, 11) is 0. The molecule has 0 amide bonds. The molecule has 1 spiro atoms. The Labute approximate surface area is 108 Å². The smallest absolute Gasteiger partial charge is 0.0681 e. The minimum atomic E-state index is -0.162. The maximum Gasteiger partial charge on any atom is 0.0681 e. The van der Waals surface area contributed by atoms with E-state index in [9.17, 15) is 5.11 Å². The lowest BCUT2D eigenvalue weighted by Gasteiger charge is -2.56. The topological polar surface area (TPSA) is 32.7 Å². The molecule has 2 atom stereocenters. The van der Waals surface area contributed by atoms with Gasteiger partial charge in [-0.15, -0.1) is 0 Å². The van der Waals surface area contributed by atoms with Crippen molar-refractivity contribution in [1.29, 1.82) is 0 Å². The molecule has 0 aromatic heterocycles. The van der Waals surface area contributed by atoms with E-state index in [0.717, 1.165) is 45.5 Å². The third kappa shape index (κ3) is 2.53. The van der Waals surface area contributed by atoms with Crippen LogP contribution in [0.2, 0.25) is 0 Å². The molecule has 2 unspecified atom stereocenters. The lowest BCUT2D eigenvalue weighted by atomic mass is 9.58. The standard InChI is InChI=1S/C13H22ClNO2/c1-2-17-12-10-11(16)13(12)4-8-15(9-5-13)7-3-6-14/h3,6,11-12,16H,2,4-5,7-10H2,1H3. The second-order valence-electron chi connectivity index (χ2n) is 5.09. The summed E-state index contributed by atoms with van der Waals surface area (Å²) >= 11 is 5.54. The van der Waals surface area contributed by atoms with Crippen LogP contribution in [0.15, 0.2) is 11.6 Å². The van der Waals surface area contributed by atoms with Crippen LogP contribution in [-0.2, 0) is 4.74 Å². The number of halogens is 1. The molecule has 1 N–H and O–H groups in total. The summed E-state index contributed by atoms with van der Waals surface area (Å²) in [5, 5.41) is 10.0. The van der Waals surface area contributed by atoms with Crippen molar-refractivity contribution >= 4 is 11.6 Å². The Bertz CT molecular complexity index is 273. The summed E-state index contributed by atoms with van der Waals surface area (Å²) in [5.41, 5.74) is 1.61. The highest BCUT2D eigenvalue weighted by molar-refractivity contribution is 6.25. The van der Waals surface area contributed by atoms with E-state index in [1.165, 1.54) is 0 Å². The largest absolute Gasteiger partial charge is 0.392 e. The lowest BCUT2D eigenvalue weighted by Crippen LogP contribution is -2.62. The molecule has 1 saturated carbocycles. The molecule has 2 aliphatic rings. The van der Waals surface area contributed by atoms with E-state index in [1.54, 1.807) is 5.54 Å². The van der Waals surface area contributed by atoms with Gasteiger partial charge in [-0.3, -0.25) is 4.90 Å².